The Hall–Kier alpha value is -2.99. The van der Waals surface area contributed by atoms with Gasteiger partial charge in [-0.3, -0.25) is 9.78 Å². The molecule has 0 saturated carbocycles. The fourth-order valence-corrected chi connectivity index (χ4v) is 3.43. The zero-order valence-electron chi connectivity index (χ0n) is 14.5. The highest BCUT2D eigenvalue weighted by molar-refractivity contribution is 7.15. The largest absolute Gasteiger partial charge is 0.462 e. The number of pyridine rings is 1. The zero-order chi connectivity index (χ0) is 18.5. The summed E-state index contributed by atoms with van der Waals surface area (Å²) < 4.78 is 5.21. The molecule has 26 heavy (non-hydrogen) atoms. The van der Waals surface area contributed by atoms with Crippen LogP contribution in [0.4, 0.5) is 5.00 Å². The molecular formula is C20H18N2O3S. The summed E-state index contributed by atoms with van der Waals surface area (Å²) >= 11 is 1.30. The molecule has 0 aliphatic heterocycles. The first-order valence-electron chi connectivity index (χ1n) is 8.17. The molecule has 0 fully saturated rings. The third-order valence-corrected chi connectivity index (χ3v) is 4.70. The molecule has 0 saturated heterocycles. The van der Waals surface area contributed by atoms with Crippen LogP contribution in [0.5, 0.6) is 0 Å². The summed E-state index contributed by atoms with van der Waals surface area (Å²) in [6.07, 6.45) is 3.10. The van der Waals surface area contributed by atoms with Gasteiger partial charge in [0, 0.05) is 28.9 Å². The number of carbonyl (C=O) groups is 2. The van der Waals surface area contributed by atoms with E-state index in [9.17, 15) is 9.59 Å². The van der Waals surface area contributed by atoms with Crippen molar-refractivity contribution in [1.82, 2.24) is 4.98 Å². The first-order chi connectivity index (χ1) is 12.6. The van der Waals surface area contributed by atoms with Crippen LogP contribution in [0.15, 0.2) is 54.2 Å². The van der Waals surface area contributed by atoms with E-state index in [2.05, 4.69) is 10.3 Å². The normalized spacial score (nSPS) is 10.4. The molecule has 2 aromatic heterocycles. The van der Waals surface area contributed by atoms with Crippen molar-refractivity contribution in [2.75, 3.05) is 11.9 Å². The molecule has 0 atom stereocenters. The zero-order valence-corrected chi connectivity index (χ0v) is 15.3. The van der Waals surface area contributed by atoms with Crippen LogP contribution < -0.4 is 5.32 Å². The second-order valence-corrected chi connectivity index (χ2v) is 6.51. The van der Waals surface area contributed by atoms with E-state index >= 15 is 0 Å². The number of hydrogen-bond donors (Lipinski definition) is 1. The van der Waals surface area contributed by atoms with Gasteiger partial charge < -0.3 is 10.1 Å². The monoisotopic (exact) mass is 366 g/mol. The van der Waals surface area contributed by atoms with Crippen molar-refractivity contribution in [2.45, 2.75) is 13.8 Å². The van der Waals surface area contributed by atoms with Gasteiger partial charge in [0.05, 0.1) is 6.61 Å². The molecule has 1 N–H and O–H groups in total. The quantitative estimate of drug-likeness (QED) is 0.673. The number of nitrogens with one attached hydrogen (secondary N) is 1. The summed E-state index contributed by atoms with van der Waals surface area (Å²) in [5.74, 6) is -0.746. The Morgan fingerprint density at radius 1 is 1.12 bits per heavy atom. The number of nitrogens with zero attached hydrogens (tertiary/aromatic N) is 1. The molecule has 6 heteroatoms. The maximum atomic E-state index is 12.5. The lowest BCUT2D eigenvalue weighted by Gasteiger charge is -2.09. The van der Waals surface area contributed by atoms with E-state index in [4.69, 9.17) is 4.74 Å². The van der Waals surface area contributed by atoms with Crippen molar-refractivity contribution in [3.05, 3.63) is 70.9 Å². The van der Waals surface area contributed by atoms with Crippen molar-refractivity contribution in [2.24, 2.45) is 0 Å². The predicted molar refractivity (Wildman–Crippen MR) is 103 cm³/mol. The molecule has 0 bridgehead atoms. The van der Waals surface area contributed by atoms with E-state index in [0.717, 1.165) is 16.7 Å². The Morgan fingerprint density at radius 2 is 1.81 bits per heavy atom. The molecule has 0 spiro atoms. The van der Waals surface area contributed by atoms with Gasteiger partial charge in [-0.1, -0.05) is 29.8 Å². The number of rotatable bonds is 5. The van der Waals surface area contributed by atoms with Gasteiger partial charge in [-0.2, -0.15) is 0 Å². The van der Waals surface area contributed by atoms with Gasteiger partial charge in [0.25, 0.3) is 5.91 Å². The molecule has 132 valence electrons. The Bertz CT molecular complexity index is 918. The fourth-order valence-electron chi connectivity index (χ4n) is 2.48. The number of aromatic nitrogens is 1. The number of benzene rings is 1. The standard InChI is InChI=1S/C20H18N2O3S/c1-3-25-20(24)17-16(14-6-4-13(2)5-7-14)12-26-19(17)22-18(23)15-8-10-21-11-9-15/h4-12H,3H2,1-2H3,(H,22,23). The van der Waals surface area contributed by atoms with Gasteiger partial charge in [-0.05, 0) is 31.5 Å². The number of thiophene rings is 1. The van der Waals surface area contributed by atoms with E-state index < -0.39 is 5.97 Å². The van der Waals surface area contributed by atoms with Crippen LogP contribution >= 0.6 is 11.3 Å². The predicted octanol–water partition coefficient (Wildman–Crippen LogP) is 4.55. The van der Waals surface area contributed by atoms with E-state index in [0.29, 0.717) is 16.1 Å². The Morgan fingerprint density at radius 3 is 2.46 bits per heavy atom. The van der Waals surface area contributed by atoms with Gasteiger partial charge in [-0.25, -0.2) is 4.79 Å². The lowest BCUT2D eigenvalue weighted by atomic mass is 10.0. The van der Waals surface area contributed by atoms with Crippen molar-refractivity contribution < 1.29 is 14.3 Å². The third-order valence-electron chi connectivity index (χ3n) is 3.80. The van der Waals surface area contributed by atoms with Gasteiger partial charge in [0.2, 0.25) is 0 Å². The number of aryl methyl sites for hydroxylation is 1. The van der Waals surface area contributed by atoms with Gasteiger partial charge in [0.1, 0.15) is 10.6 Å². The molecule has 0 unspecified atom stereocenters. The van der Waals surface area contributed by atoms with Crippen molar-refractivity contribution >= 4 is 28.2 Å². The van der Waals surface area contributed by atoms with Crippen LogP contribution in [-0.4, -0.2) is 23.5 Å². The van der Waals surface area contributed by atoms with Gasteiger partial charge in [-0.15, -0.1) is 11.3 Å². The molecule has 3 aromatic rings. The minimum Gasteiger partial charge on any atom is -0.462 e. The van der Waals surface area contributed by atoms with Crippen molar-refractivity contribution in [3.63, 3.8) is 0 Å². The summed E-state index contributed by atoms with van der Waals surface area (Å²) in [6.45, 7) is 4.02. The minimum absolute atomic E-state index is 0.264. The SMILES string of the molecule is CCOC(=O)c1c(-c2ccc(C)cc2)csc1NC(=O)c1ccncc1. The molecule has 3 rings (SSSR count). The number of anilines is 1. The summed E-state index contributed by atoms with van der Waals surface area (Å²) in [5, 5.41) is 5.15. The maximum Gasteiger partial charge on any atom is 0.341 e. The van der Waals surface area contributed by atoms with E-state index in [-0.39, 0.29) is 12.5 Å². The number of hydrogen-bond acceptors (Lipinski definition) is 5. The van der Waals surface area contributed by atoms with Crippen molar-refractivity contribution in [3.8, 4) is 11.1 Å². The van der Waals surface area contributed by atoms with Gasteiger partial charge >= 0.3 is 5.97 Å². The number of amides is 1. The third kappa shape index (κ3) is 3.81. The first kappa shape index (κ1) is 17.8. The Labute approximate surface area is 155 Å². The van der Waals surface area contributed by atoms with Crippen LogP contribution in [0.3, 0.4) is 0 Å². The summed E-state index contributed by atoms with van der Waals surface area (Å²) in [6, 6.07) is 11.1. The minimum atomic E-state index is -0.450. The average molecular weight is 366 g/mol. The lowest BCUT2D eigenvalue weighted by Crippen LogP contribution is -2.14. The lowest BCUT2D eigenvalue weighted by molar-refractivity contribution is 0.0529. The molecule has 1 aromatic carbocycles. The topological polar surface area (TPSA) is 68.3 Å². The second-order valence-electron chi connectivity index (χ2n) is 5.63. The fraction of sp³-hybridized carbons (Fsp3) is 0.150. The van der Waals surface area contributed by atoms with Crippen LogP contribution in [-0.2, 0) is 4.74 Å². The van der Waals surface area contributed by atoms with E-state index in [1.54, 1.807) is 31.5 Å². The van der Waals surface area contributed by atoms with E-state index in [1.165, 1.54) is 11.3 Å². The highest BCUT2D eigenvalue weighted by Crippen LogP contribution is 2.36. The maximum absolute atomic E-state index is 12.5. The number of esters is 1. The summed E-state index contributed by atoms with van der Waals surface area (Å²) in [4.78, 5) is 28.9. The van der Waals surface area contributed by atoms with Crippen LogP contribution in [0, 0.1) is 6.92 Å². The smallest absolute Gasteiger partial charge is 0.341 e. The molecule has 1 amide bonds. The van der Waals surface area contributed by atoms with Gasteiger partial charge in [0.15, 0.2) is 0 Å². The molecular weight excluding hydrogens is 348 g/mol. The average Bonchev–Trinajstić information content (AvgIpc) is 3.07. The highest BCUT2D eigenvalue weighted by atomic mass is 32.1. The molecule has 0 aliphatic rings. The first-order valence-corrected chi connectivity index (χ1v) is 9.05. The second kappa shape index (κ2) is 7.93. The van der Waals surface area contributed by atoms with Crippen LogP contribution in [0.25, 0.3) is 11.1 Å². The number of carbonyl (C=O) groups excluding carboxylic acids is 2. The van der Waals surface area contributed by atoms with Crippen LogP contribution in [0.2, 0.25) is 0 Å². The van der Waals surface area contributed by atoms with Crippen molar-refractivity contribution in [1.29, 1.82) is 0 Å². The molecule has 2 heterocycles. The molecule has 0 radical (unpaired) electrons. The highest BCUT2D eigenvalue weighted by Gasteiger charge is 2.23. The molecule has 5 nitrogen and oxygen atoms in total. The Kier molecular flexibility index (Phi) is 5.43. The van der Waals surface area contributed by atoms with E-state index in [1.807, 2.05) is 36.6 Å². The molecule has 0 aliphatic carbocycles. The van der Waals surface area contributed by atoms with Crippen LogP contribution in [0.1, 0.15) is 33.2 Å². The Balaban J connectivity index is 1.98. The summed E-state index contributed by atoms with van der Waals surface area (Å²) in [5.41, 5.74) is 3.63. The number of ether oxygens (including phenoxy) is 1. The summed E-state index contributed by atoms with van der Waals surface area (Å²) in [7, 11) is 0.